The summed E-state index contributed by atoms with van der Waals surface area (Å²) >= 11 is 7.26. The predicted octanol–water partition coefficient (Wildman–Crippen LogP) is 4.97. The number of rotatable bonds is 3. The summed E-state index contributed by atoms with van der Waals surface area (Å²) in [5.74, 6) is -0.425. The number of halogens is 2. The molecule has 0 spiro atoms. The first-order valence-corrected chi connectivity index (χ1v) is 7.92. The molecule has 0 bridgehead atoms. The lowest BCUT2D eigenvalue weighted by Crippen LogP contribution is -2.25. The van der Waals surface area contributed by atoms with Crippen molar-refractivity contribution in [1.29, 1.82) is 0 Å². The van der Waals surface area contributed by atoms with Crippen molar-refractivity contribution in [2.75, 3.05) is 7.05 Å². The molecule has 0 saturated carbocycles. The first-order valence-electron chi connectivity index (χ1n) is 6.72. The third kappa shape index (κ3) is 2.98. The highest BCUT2D eigenvalue weighted by Gasteiger charge is 2.16. The maximum atomic E-state index is 13.7. The van der Waals surface area contributed by atoms with Gasteiger partial charge in [0.15, 0.2) is 0 Å². The standard InChI is InChI=1S/C17H13ClFNOS/c1-20(10-11-4-2-5-12(18)8-11)17(21)16-9-13-14(19)6-3-7-15(13)22-16/h2-9H,10H2,1H3. The van der Waals surface area contributed by atoms with Gasteiger partial charge < -0.3 is 4.90 Å². The molecule has 3 rings (SSSR count). The Balaban J connectivity index is 1.84. The second-order valence-corrected chi connectivity index (χ2v) is 6.57. The van der Waals surface area contributed by atoms with Crippen molar-refractivity contribution in [1.82, 2.24) is 4.90 Å². The van der Waals surface area contributed by atoms with Gasteiger partial charge in [0.05, 0.1) is 4.88 Å². The zero-order valence-corrected chi connectivity index (χ0v) is 13.4. The Hall–Kier alpha value is -1.91. The number of amides is 1. The Morgan fingerprint density at radius 1 is 1.23 bits per heavy atom. The molecule has 0 aliphatic carbocycles. The minimum Gasteiger partial charge on any atom is -0.337 e. The summed E-state index contributed by atoms with van der Waals surface area (Å²) in [6.07, 6.45) is 0. The van der Waals surface area contributed by atoms with Crippen LogP contribution < -0.4 is 0 Å². The van der Waals surface area contributed by atoms with E-state index in [-0.39, 0.29) is 11.7 Å². The molecular weight excluding hydrogens is 321 g/mol. The summed E-state index contributed by atoms with van der Waals surface area (Å²) in [4.78, 5) is 14.6. The van der Waals surface area contributed by atoms with Gasteiger partial charge in [-0.15, -0.1) is 11.3 Å². The quantitative estimate of drug-likeness (QED) is 0.663. The van der Waals surface area contributed by atoms with E-state index in [9.17, 15) is 9.18 Å². The van der Waals surface area contributed by atoms with E-state index in [0.717, 1.165) is 10.3 Å². The number of hydrogen-bond donors (Lipinski definition) is 0. The van der Waals surface area contributed by atoms with Crippen molar-refractivity contribution in [3.05, 3.63) is 69.8 Å². The molecule has 0 N–H and O–H groups in total. The average Bonchev–Trinajstić information content (AvgIpc) is 2.92. The van der Waals surface area contributed by atoms with Crippen LogP contribution in [-0.2, 0) is 6.54 Å². The molecule has 3 aromatic rings. The Labute approximate surface area is 136 Å². The summed E-state index contributed by atoms with van der Waals surface area (Å²) in [5.41, 5.74) is 0.954. The Kier molecular flexibility index (Phi) is 4.14. The number of fused-ring (bicyclic) bond motifs is 1. The van der Waals surface area contributed by atoms with E-state index in [2.05, 4.69) is 0 Å². The summed E-state index contributed by atoms with van der Waals surface area (Å²) in [6.45, 7) is 0.454. The van der Waals surface area contributed by atoms with Crippen LogP contribution in [0.15, 0.2) is 48.5 Å². The normalized spacial score (nSPS) is 10.9. The van der Waals surface area contributed by atoms with Gasteiger partial charge in [0.2, 0.25) is 0 Å². The number of nitrogens with zero attached hydrogens (tertiary/aromatic N) is 1. The third-order valence-corrected chi connectivity index (χ3v) is 4.70. The van der Waals surface area contributed by atoms with Crippen LogP contribution in [-0.4, -0.2) is 17.9 Å². The predicted molar refractivity (Wildman–Crippen MR) is 89.0 cm³/mol. The number of carbonyl (C=O) groups excluding carboxylic acids is 1. The van der Waals surface area contributed by atoms with Gasteiger partial charge in [-0.3, -0.25) is 4.79 Å². The Morgan fingerprint density at radius 3 is 2.73 bits per heavy atom. The largest absolute Gasteiger partial charge is 0.337 e. The molecule has 0 saturated heterocycles. The van der Waals surface area contributed by atoms with E-state index in [4.69, 9.17) is 11.6 Å². The third-order valence-electron chi connectivity index (χ3n) is 3.37. The van der Waals surface area contributed by atoms with E-state index in [0.29, 0.717) is 21.8 Å². The van der Waals surface area contributed by atoms with Gasteiger partial charge in [0.25, 0.3) is 5.91 Å². The topological polar surface area (TPSA) is 20.3 Å². The van der Waals surface area contributed by atoms with Crippen molar-refractivity contribution in [3.8, 4) is 0 Å². The zero-order chi connectivity index (χ0) is 15.7. The van der Waals surface area contributed by atoms with Gasteiger partial charge in [-0.1, -0.05) is 29.8 Å². The smallest absolute Gasteiger partial charge is 0.264 e. The zero-order valence-electron chi connectivity index (χ0n) is 11.8. The van der Waals surface area contributed by atoms with Crippen LogP contribution in [0.2, 0.25) is 5.02 Å². The highest BCUT2D eigenvalue weighted by Crippen LogP contribution is 2.28. The van der Waals surface area contributed by atoms with Crippen molar-refractivity contribution in [2.45, 2.75) is 6.54 Å². The lowest BCUT2D eigenvalue weighted by atomic mass is 10.2. The van der Waals surface area contributed by atoms with Crippen LogP contribution in [0, 0.1) is 5.82 Å². The fourth-order valence-electron chi connectivity index (χ4n) is 2.30. The van der Waals surface area contributed by atoms with Gasteiger partial charge in [0.1, 0.15) is 5.82 Å². The Bertz CT molecular complexity index is 846. The summed E-state index contributed by atoms with van der Waals surface area (Å²) in [7, 11) is 1.73. The fourth-order valence-corrected chi connectivity index (χ4v) is 3.58. The molecule has 0 fully saturated rings. The Morgan fingerprint density at radius 2 is 2.00 bits per heavy atom. The molecule has 0 aliphatic heterocycles. The number of carbonyl (C=O) groups is 1. The molecule has 1 heterocycles. The van der Waals surface area contributed by atoms with E-state index < -0.39 is 0 Å². The monoisotopic (exact) mass is 333 g/mol. The lowest BCUT2D eigenvalue weighted by molar-refractivity contribution is 0.0790. The fraction of sp³-hybridized carbons (Fsp3) is 0.118. The molecule has 2 nitrogen and oxygen atoms in total. The highest BCUT2D eigenvalue weighted by molar-refractivity contribution is 7.20. The van der Waals surface area contributed by atoms with Crippen LogP contribution in [0.5, 0.6) is 0 Å². The molecule has 2 aromatic carbocycles. The number of benzene rings is 2. The van der Waals surface area contributed by atoms with Crippen LogP contribution in [0.4, 0.5) is 4.39 Å². The maximum Gasteiger partial charge on any atom is 0.264 e. The van der Waals surface area contributed by atoms with Gasteiger partial charge >= 0.3 is 0 Å². The second-order valence-electron chi connectivity index (χ2n) is 5.05. The van der Waals surface area contributed by atoms with E-state index in [1.165, 1.54) is 17.4 Å². The lowest BCUT2D eigenvalue weighted by Gasteiger charge is -2.16. The van der Waals surface area contributed by atoms with E-state index in [1.807, 2.05) is 24.3 Å². The summed E-state index contributed by atoms with van der Waals surface area (Å²) < 4.78 is 14.5. The number of thiophene rings is 1. The van der Waals surface area contributed by atoms with Crippen LogP contribution in [0.1, 0.15) is 15.2 Å². The maximum absolute atomic E-state index is 13.7. The minimum atomic E-state index is -0.301. The average molecular weight is 334 g/mol. The molecular formula is C17H13ClFNOS. The van der Waals surface area contributed by atoms with Gasteiger partial charge in [-0.05, 0) is 35.9 Å². The van der Waals surface area contributed by atoms with Crippen LogP contribution in [0.3, 0.4) is 0 Å². The van der Waals surface area contributed by atoms with Gasteiger partial charge in [0, 0.05) is 28.7 Å². The van der Waals surface area contributed by atoms with Crippen molar-refractivity contribution in [3.63, 3.8) is 0 Å². The molecule has 0 radical (unpaired) electrons. The molecule has 5 heteroatoms. The van der Waals surface area contributed by atoms with Crippen LogP contribution in [0.25, 0.3) is 10.1 Å². The van der Waals surface area contributed by atoms with Crippen molar-refractivity contribution < 1.29 is 9.18 Å². The molecule has 0 aliphatic rings. The minimum absolute atomic E-state index is 0.124. The van der Waals surface area contributed by atoms with Crippen LogP contribution >= 0.6 is 22.9 Å². The molecule has 0 atom stereocenters. The first-order chi connectivity index (χ1) is 10.5. The van der Waals surface area contributed by atoms with Crippen molar-refractivity contribution in [2.24, 2.45) is 0 Å². The SMILES string of the molecule is CN(Cc1cccc(Cl)c1)C(=O)c1cc2c(F)cccc2s1. The summed E-state index contributed by atoms with van der Waals surface area (Å²) in [5, 5.41) is 1.13. The first kappa shape index (κ1) is 15.0. The molecule has 22 heavy (non-hydrogen) atoms. The van der Waals surface area contributed by atoms with Crippen molar-refractivity contribution >= 4 is 38.9 Å². The van der Waals surface area contributed by atoms with Gasteiger partial charge in [-0.2, -0.15) is 0 Å². The molecule has 112 valence electrons. The summed E-state index contributed by atoms with van der Waals surface area (Å²) in [6, 6.07) is 13.9. The van der Waals surface area contributed by atoms with Gasteiger partial charge in [-0.25, -0.2) is 4.39 Å². The molecule has 0 unspecified atom stereocenters. The van der Waals surface area contributed by atoms with E-state index >= 15 is 0 Å². The highest BCUT2D eigenvalue weighted by atomic mass is 35.5. The molecule has 1 amide bonds. The second kappa shape index (κ2) is 6.07. The molecule has 1 aromatic heterocycles. The van der Waals surface area contributed by atoms with E-state index in [1.54, 1.807) is 30.1 Å². The number of hydrogen-bond acceptors (Lipinski definition) is 2.